The third-order valence-corrected chi connectivity index (χ3v) is 6.44. The number of carbonyl (C=O) groups is 4. The van der Waals surface area contributed by atoms with Crippen LogP contribution in [0.25, 0.3) is 0 Å². The van der Waals surface area contributed by atoms with Crippen LogP contribution in [0.2, 0.25) is 0 Å². The molecule has 0 radical (unpaired) electrons. The summed E-state index contributed by atoms with van der Waals surface area (Å²) in [6.45, 7) is 15.0. The molecular weight excluding hydrogens is 562 g/mol. The van der Waals surface area contributed by atoms with Gasteiger partial charge in [0.25, 0.3) is 0 Å². The minimum absolute atomic E-state index is 0.0501. The first-order chi connectivity index (χ1) is 20.6. The van der Waals surface area contributed by atoms with Crippen LogP contribution in [-0.2, 0) is 52.7 Å². The van der Waals surface area contributed by atoms with Gasteiger partial charge in [-0.3, -0.25) is 14.4 Å². The third kappa shape index (κ3) is 13.3. The zero-order chi connectivity index (χ0) is 32.9. The largest absolute Gasteiger partial charge is 0.466 e. The molecule has 2 aromatic rings. The van der Waals surface area contributed by atoms with Gasteiger partial charge in [0.15, 0.2) is 0 Å². The Hall–Kier alpha value is -3.72. The van der Waals surface area contributed by atoms with Crippen molar-refractivity contribution in [2.75, 3.05) is 13.2 Å². The van der Waals surface area contributed by atoms with Gasteiger partial charge in [0, 0.05) is 13.0 Å². The molecule has 2 aromatic carbocycles. The monoisotopic (exact) mass is 611 g/mol. The van der Waals surface area contributed by atoms with Crippen molar-refractivity contribution < 1.29 is 38.1 Å². The molecule has 9 heteroatoms. The number of ether oxygens (including phenoxy) is 4. The molecule has 0 aliphatic heterocycles. The average Bonchev–Trinajstić information content (AvgIpc) is 2.92. The van der Waals surface area contributed by atoms with Crippen molar-refractivity contribution in [3.05, 3.63) is 70.8 Å². The van der Waals surface area contributed by atoms with Crippen molar-refractivity contribution in [1.82, 2.24) is 5.32 Å². The summed E-state index contributed by atoms with van der Waals surface area (Å²) in [5, 5.41) is 3.35. The van der Waals surface area contributed by atoms with Crippen molar-refractivity contribution in [2.24, 2.45) is 5.92 Å². The summed E-state index contributed by atoms with van der Waals surface area (Å²) in [7, 11) is 0. The van der Waals surface area contributed by atoms with E-state index >= 15 is 0 Å². The fourth-order valence-corrected chi connectivity index (χ4v) is 4.50. The van der Waals surface area contributed by atoms with E-state index in [-0.39, 0.29) is 45.0 Å². The van der Waals surface area contributed by atoms with Crippen LogP contribution >= 0.6 is 0 Å². The fourth-order valence-electron chi connectivity index (χ4n) is 4.50. The van der Waals surface area contributed by atoms with E-state index in [4.69, 9.17) is 18.9 Å². The van der Waals surface area contributed by atoms with Crippen molar-refractivity contribution in [3.8, 4) is 0 Å². The van der Waals surface area contributed by atoms with E-state index in [0.717, 1.165) is 11.1 Å². The minimum atomic E-state index is -0.692. The fraction of sp³-hybridized carbons (Fsp3) is 0.543. The van der Waals surface area contributed by atoms with E-state index in [1.165, 1.54) is 0 Å². The molecule has 0 amide bonds. The molecule has 242 valence electrons. The highest BCUT2D eigenvalue weighted by atomic mass is 16.6. The van der Waals surface area contributed by atoms with Crippen LogP contribution in [0, 0.1) is 5.92 Å². The van der Waals surface area contributed by atoms with Crippen LogP contribution in [0.1, 0.15) is 95.3 Å². The number of hydrogen-bond acceptors (Lipinski definition) is 9. The quantitative estimate of drug-likeness (QED) is 0.198. The molecular formula is C35H49NO8. The zero-order valence-corrected chi connectivity index (χ0v) is 27.5. The average molecular weight is 612 g/mol. The van der Waals surface area contributed by atoms with Crippen LogP contribution in [0.5, 0.6) is 0 Å². The van der Waals surface area contributed by atoms with Crippen LogP contribution in [0.4, 0.5) is 0 Å². The third-order valence-electron chi connectivity index (χ3n) is 6.44. The number of esters is 4. The van der Waals surface area contributed by atoms with Crippen LogP contribution in [-0.4, -0.2) is 54.3 Å². The van der Waals surface area contributed by atoms with E-state index in [1.807, 2.05) is 51.1 Å². The summed E-state index contributed by atoms with van der Waals surface area (Å²) < 4.78 is 21.7. The second-order valence-electron chi connectivity index (χ2n) is 12.6. The lowest BCUT2D eigenvalue weighted by Crippen LogP contribution is -2.42. The van der Waals surface area contributed by atoms with Gasteiger partial charge in [0.1, 0.15) is 17.2 Å². The number of benzene rings is 2. The molecule has 44 heavy (non-hydrogen) atoms. The van der Waals surface area contributed by atoms with Gasteiger partial charge in [-0.25, -0.2) is 4.79 Å². The SMILES string of the molecule is CCOC(=O)CCC(Cc1cc(C(=O)OC(C)(C)C)ccc1CNC(Cc1ccccc1)C(=O)OC(C)(C)C)C(=O)OCC. The maximum atomic E-state index is 13.2. The number of carbonyl (C=O) groups excluding carboxylic acids is 4. The molecule has 1 N–H and O–H groups in total. The lowest BCUT2D eigenvalue weighted by atomic mass is 9.90. The summed E-state index contributed by atoms with van der Waals surface area (Å²) in [5.74, 6) is -2.36. The number of rotatable bonds is 15. The number of nitrogens with one attached hydrogen (secondary N) is 1. The Morgan fingerprint density at radius 3 is 1.98 bits per heavy atom. The first-order valence-electron chi connectivity index (χ1n) is 15.3. The summed E-state index contributed by atoms with van der Waals surface area (Å²) in [6.07, 6.45) is 0.887. The highest BCUT2D eigenvalue weighted by Crippen LogP contribution is 2.23. The Kier molecular flexibility index (Phi) is 14.0. The number of hydrogen-bond donors (Lipinski definition) is 1. The molecule has 0 saturated carbocycles. The second-order valence-corrected chi connectivity index (χ2v) is 12.6. The summed E-state index contributed by atoms with van der Waals surface area (Å²) >= 11 is 0. The molecule has 2 unspecified atom stereocenters. The van der Waals surface area contributed by atoms with Crippen molar-refractivity contribution in [1.29, 1.82) is 0 Å². The van der Waals surface area contributed by atoms with E-state index in [9.17, 15) is 19.2 Å². The normalized spacial score (nSPS) is 13.0. The Morgan fingerprint density at radius 2 is 1.39 bits per heavy atom. The van der Waals surface area contributed by atoms with E-state index in [1.54, 1.807) is 52.8 Å². The maximum Gasteiger partial charge on any atom is 0.338 e. The smallest absolute Gasteiger partial charge is 0.338 e. The van der Waals surface area contributed by atoms with Gasteiger partial charge in [-0.2, -0.15) is 0 Å². The molecule has 9 nitrogen and oxygen atoms in total. The standard InChI is InChI=1S/C35H49NO8/c1-9-41-30(37)19-18-25(31(38)42-10-2)21-28-22-26(32(39)43-34(3,4)5)16-17-27(28)23-36-29(33(40)44-35(6,7)8)20-24-14-12-11-13-15-24/h11-17,22,25,29,36H,9-10,18-21,23H2,1-8H3. The molecule has 2 rings (SSSR count). The second kappa shape index (κ2) is 16.9. The van der Waals surface area contributed by atoms with Crippen LogP contribution < -0.4 is 5.32 Å². The van der Waals surface area contributed by atoms with Crippen molar-refractivity contribution >= 4 is 23.9 Å². The predicted molar refractivity (Wildman–Crippen MR) is 168 cm³/mol. The molecule has 0 aromatic heterocycles. The molecule has 0 heterocycles. The Morgan fingerprint density at radius 1 is 0.750 bits per heavy atom. The van der Waals surface area contributed by atoms with E-state index < -0.39 is 41.1 Å². The van der Waals surface area contributed by atoms with Crippen LogP contribution in [0.15, 0.2) is 48.5 Å². The van der Waals surface area contributed by atoms with Gasteiger partial charge >= 0.3 is 23.9 Å². The topological polar surface area (TPSA) is 117 Å². The molecule has 0 bridgehead atoms. The molecule has 0 spiro atoms. The van der Waals surface area contributed by atoms with Gasteiger partial charge in [0.05, 0.1) is 24.7 Å². The summed E-state index contributed by atoms with van der Waals surface area (Å²) in [4.78, 5) is 51.3. The highest BCUT2D eigenvalue weighted by molar-refractivity contribution is 5.90. The van der Waals surface area contributed by atoms with Gasteiger partial charge in [-0.15, -0.1) is 0 Å². The Labute approximate surface area is 262 Å². The first kappa shape index (κ1) is 36.5. The van der Waals surface area contributed by atoms with Gasteiger partial charge in [-0.05, 0) is 103 Å². The molecule has 0 saturated heterocycles. The van der Waals surface area contributed by atoms with E-state index in [2.05, 4.69) is 5.32 Å². The predicted octanol–water partition coefficient (Wildman–Crippen LogP) is 5.75. The summed E-state index contributed by atoms with van der Waals surface area (Å²) in [5.41, 5.74) is 1.43. The molecule has 0 aliphatic rings. The molecule has 2 atom stereocenters. The van der Waals surface area contributed by atoms with Crippen molar-refractivity contribution in [2.45, 2.75) is 105 Å². The lowest BCUT2D eigenvalue weighted by molar-refractivity contribution is -0.157. The van der Waals surface area contributed by atoms with Crippen LogP contribution in [0.3, 0.4) is 0 Å². The minimum Gasteiger partial charge on any atom is -0.466 e. The summed E-state index contributed by atoms with van der Waals surface area (Å²) in [6, 6.07) is 14.2. The lowest BCUT2D eigenvalue weighted by Gasteiger charge is -2.25. The molecule has 0 aliphatic carbocycles. The Balaban J connectivity index is 2.44. The van der Waals surface area contributed by atoms with Gasteiger partial charge in [0.2, 0.25) is 0 Å². The highest BCUT2D eigenvalue weighted by Gasteiger charge is 2.28. The first-order valence-corrected chi connectivity index (χ1v) is 15.3. The Bertz CT molecular complexity index is 1240. The van der Waals surface area contributed by atoms with Crippen molar-refractivity contribution in [3.63, 3.8) is 0 Å². The zero-order valence-electron chi connectivity index (χ0n) is 27.5. The molecule has 0 fully saturated rings. The van der Waals surface area contributed by atoms with Gasteiger partial charge < -0.3 is 24.3 Å². The maximum absolute atomic E-state index is 13.2. The van der Waals surface area contributed by atoms with E-state index in [0.29, 0.717) is 17.5 Å². The van der Waals surface area contributed by atoms with Gasteiger partial charge in [-0.1, -0.05) is 36.4 Å².